The van der Waals surface area contributed by atoms with Gasteiger partial charge in [-0.3, -0.25) is 9.78 Å². The number of carbonyl (C=O) groups excluding carboxylic acids is 1. The Kier molecular flexibility index (Phi) is 5.24. The fraction of sp³-hybridized carbons (Fsp3) is 0.533. The maximum Gasteiger partial charge on any atom is 0.328 e. The van der Waals surface area contributed by atoms with Gasteiger partial charge in [0.25, 0.3) is 0 Å². The van der Waals surface area contributed by atoms with Gasteiger partial charge in [0.05, 0.1) is 0 Å². The van der Waals surface area contributed by atoms with Gasteiger partial charge in [-0.15, -0.1) is 0 Å². The number of nitrogens with one attached hydrogen (secondary N) is 1. The summed E-state index contributed by atoms with van der Waals surface area (Å²) >= 11 is 0. The van der Waals surface area contributed by atoms with Gasteiger partial charge in [-0.25, -0.2) is 13.2 Å². The van der Waals surface area contributed by atoms with Crippen molar-refractivity contribution in [2.45, 2.75) is 37.1 Å². The number of piperidine rings is 1. The summed E-state index contributed by atoms with van der Waals surface area (Å²) in [5.74, 6) is -1.88. The van der Waals surface area contributed by atoms with Gasteiger partial charge >= 0.3 is 5.97 Å². The minimum Gasteiger partial charge on any atom is -0.480 e. The number of carboxylic acids is 1. The quantitative estimate of drug-likeness (QED) is 0.793. The number of nitrogens with zero attached hydrogens (tertiary/aromatic N) is 2. The molecule has 1 saturated heterocycles. The molecule has 2 heterocycles. The van der Waals surface area contributed by atoms with E-state index in [-0.39, 0.29) is 23.9 Å². The molecule has 0 aliphatic carbocycles. The number of sulfonamides is 1. The Morgan fingerprint density at radius 1 is 1.33 bits per heavy atom. The highest BCUT2D eigenvalue weighted by Crippen LogP contribution is 2.24. The molecular formula is C15H21N3O5S. The third-order valence-electron chi connectivity index (χ3n) is 4.07. The lowest BCUT2D eigenvalue weighted by molar-refractivity contribution is -0.146. The summed E-state index contributed by atoms with van der Waals surface area (Å²) < 4.78 is 26.3. The van der Waals surface area contributed by atoms with E-state index in [1.54, 1.807) is 6.07 Å². The number of hydrogen-bond donors (Lipinski definition) is 2. The van der Waals surface area contributed by atoms with E-state index in [1.165, 1.54) is 36.6 Å². The van der Waals surface area contributed by atoms with E-state index in [9.17, 15) is 18.0 Å². The van der Waals surface area contributed by atoms with Crippen LogP contribution >= 0.6 is 0 Å². The number of carbonyl (C=O) groups is 2. The molecule has 9 heteroatoms. The SMILES string of the molecule is CC(C)(NC(=O)C1CCN(S(=O)(=O)c2cccnc2)CC1)C(=O)O. The van der Waals surface area contributed by atoms with Crippen LogP contribution in [0.1, 0.15) is 26.7 Å². The van der Waals surface area contributed by atoms with Crippen molar-refractivity contribution in [3.05, 3.63) is 24.5 Å². The summed E-state index contributed by atoms with van der Waals surface area (Å²) in [6, 6.07) is 3.04. The summed E-state index contributed by atoms with van der Waals surface area (Å²) in [4.78, 5) is 27.2. The predicted molar refractivity (Wildman–Crippen MR) is 85.6 cm³/mol. The first-order chi connectivity index (χ1) is 11.1. The number of aliphatic carboxylic acids is 1. The molecule has 0 atom stereocenters. The average Bonchev–Trinajstić information content (AvgIpc) is 2.55. The van der Waals surface area contributed by atoms with Crippen LogP contribution in [0.15, 0.2) is 29.4 Å². The number of amides is 1. The molecule has 0 radical (unpaired) electrons. The second kappa shape index (κ2) is 6.86. The lowest BCUT2D eigenvalue weighted by Gasteiger charge is -2.32. The molecule has 0 saturated carbocycles. The van der Waals surface area contributed by atoms with E-state index in [0.717, 1.165) is 0 Å². The molecule has 1 aliphatic heterocycles. The Bertz CT molecular complexity index is 710. The third kappa shape index (κ3) is 3.90. The van der Waals surface area contributed by atoms with Crippen LogP contribution in [0.5, 0.6) is 0 Å². The normalized spacial score (nSPS) is 17.4. The first-order valence-corrected chi connectivity index (χ1v) is 9.04. The molecule has 2 rings (SSSR count). The fourth-order valence-corrected chi connectivity index (χ4v) is 3.90. The Morgan fingerprint density at radius 3 is 2.46 bits per heavy atom. The van der Waals surface area contributed by atoms with Crippen molar-refractivity contribution < 1.29 is 23.1 Å². The summed E-state index contributed by atoms with van der Waals surface area (Å²) in [6.45, 7) is 3.25. The van der Waals surface area contributed by atoms with Crippen LogP contribution in [0.3, 0.4) is 0 Å². The molecule has 1 aromatic rings. The minimum absolute atomic E-state index is 0.125. The van der Waals surface area contributed by atoms with Crippen molar-refractivity contribution in [2.24, 2.45) is 5.92 Å². The van der Waals surface area contributed by atoms with Crippen LogP contribution in [0.25, 0.3) is 0 Å². The summed E-state index contributed by atoms with van der Waals surface area (Å²) in [5, 5.41) is 11.5. The number of aromatic nitrogens is 1. The highest BCUT2D eigenvalue weighted by molar-refractivity contribution is 7.89. The highest BCUT2D eigenvalue weighted by atomic mass is 32.2. The first-order valence-electron chi connectivity index (χ1n) is 7.60. The van der Waals surface area contributed by atoms with E-state index in [2.05, 4.69) is 10.3 Å². The molecule has 0 unspecified atom stereocenters. The minimum atomic E-state index is -3.61. The van der Waals surface area contributed by atoms with Crippen LogP contribution in [0, 0.1) is 5.92 Å². The molecule has 1 aromatic heterocycles. The van der Waals surface area contributed by atoms with Crippen LogP contribution in [0.4, 0.5) is 0 Å². The molecule has 2 N–H and O–H groups in total. The van der Waals surface area contributed by atoms with E-state index in [4.69, 9.17) is 5.11 Å². The molecule has 1 aliphatic rings. The average molecular weight is 355 g/mol. The molecule has 1 amide bonds. The lowest BCUT2D eigenvalue weighted by atomic mass is 9.95. The summed E-state index contributed by atoms with van der Waals surface area (Å²) in [7, 11) is -3.61. The third-order valence-corrected chi connectivity index (χ3v) is 5.95. The number of hydrogen-bond acceptors (Lipinski definition) is 5. The number of pyridine rings is 1. The Labute approximate surface area is 140 Å². The van der Waals surface area contributed by atoms with Gasteiger partial charge in [-0.1, -0.05) is 0 Å². The monoisotopic (exact) mass is 355 g/mol. The van der Waals surface area contributed by atoms with Gasteiger partial charge in [-0.05, 0) is 38.8 Å². The molecule has 8 nitrogen and oxygen atoms in total. The van der Waals surface area contributed by atoms with E-state index >= 15 is 0 Å². The number of rotatable bonds is 5. The van der Waals surface area contributed by atoms with Crippen molar-refractivity contribution in [3.63, 3.8) is 0 Å². The van der Waals surface area contributed by atoms with Crippen molar-refractivity contribution in [1.82, 2.24) is 14.6 Å². The number of carboxylic acid groups (broad SMARTS) is 1. The van der Waals surface area contributed by atoms with Gasteiger partial charge in [-0.2, -0.15) is 4.31 Å². The van der Waals surface area contributed by atoms with E-state index in [1.807, 2.05) is 0 Å². The van der Waals surface area contributed by atoms with E-state index < -0.39 is 27.4 Å². The zero-order valence-electron chi connectivity index (χ0n) is 13.6. The summed E-state index contributed by atoms with van der Waals surface area (Å²) in [5.41, 5.74) is -1.35. The standard InChI is InChI=1S/C15H21N3O5S/c1-15(2,14(20)21)17-13(19)11-5-8-18(9-6-11)24(22,23)12-4-3-7-16-10-12/h3-4,7,10-11H,5-6,8-9H2,1-2H3,(H,17,19)(H,20,21). The Balaban J connectivity index is 1.99. The molecule has 1 fully saturated rings. The summed E-state index contributed by atoms with van der Waals surface area (Å²) in [6.07, 6.45) is 3.49. The topological polar surface area (TPSA) is 117 Å². The molecule has 24 heavy (non-hydrogen) atoms. The Hall–Kier alpha value is -2.00. The van der Waals surface area contributed by atoms with Gasteiger partial charge < -0.3 is 10.4 Å². The zero-order chi connectivity index (χ0) is 18.0. The van der Waals surface area contributed by atoms with Crippen LogP contribution in [-0.2, 0) is 19.6 Å². The first kappa shape index (κ1) is 18.3. The smallest absolute Gasteiger partial charge is 0.328 e. The molecular weight excluding hydrogens is 334 g/mol. The Morgan fingerprint density at radius 2 is 1.96 bits per heavy atom. The second-order valence-electron chi connectivity index (χ2n) is 6.29. The van der Waals surface area contributed by atoms with Gasteiger partial charge in [0.1, 0.15) is 10.4 Å². The maximum atomic E-state index is 12.5. The highest BCUT2D eigenvalue weighted by Gasteiger charge is 2.35. The van der Waals surface area contributed by atoms with Crippen molar-refractivity contribution >= 4 is 21.9 Å². The lowest BCUT2D eigenvalue weighted by Crippen LogP contribution is -2.53. The van der Waals surface area contributed by atoms with Crippen molar-refractivity contribution in [2.75, 3.05) is 13.1 Å². The van der Waals surface area contributed by atoms with Crippen LogP contribution in [-0.4, -0.2) is 53.3 Å². The van der Waals surface area contributed by atoms with Crippen molar-refractivity contribution in [1.29, 1.82) is 0 Å². The molecule has 132 valence electrons. The fourth-order valence-electron chi connectivity index (χ4n) is 2.47. The second-order valence-corrected chi connectivity index (χ2v) is 8.22. The molecule has 0 aromatic carbocycles. The van der Waals surface area contributed by atoms with Gasteiger partial charge in [0, 0.05) is 31.4 Å². The zero-order valence-corrected chi connectivity index (χ0v) is 14.4. The van der Waals surface area contributed by atoms with Crippen LogP contribution < -0.4 is 5.32 Å². The largest absolute Gasteiger partial charge is 0.480 e. The van der Waals surface area contributed by atoms with Gasteiger partial charge in [0.2, 0.25) is 15.9 Å². The van der Waals surface area contributed by atoms with E-state index in [0.29, 0.717) is 12.8 Å². The molecule has 0 bridgehead atoms. The maximum absolute atomic E-state index is 12.5. The van der Waals surface area contributed by atoms with Gasteiger partial charge in [0.15, 0.2) is 0 Å². The van der Waals surface area contributed by atoms with Crippen molar-refractivity contribution in [3.8, 4) is 0 Å². The predicted octanol–water partition coefficient (Wildman–Crippen LogP) is 0.462. The van der Waals surface area contributed by atoms with Crippen LogP contribution in [0.2, 0.25) is 0 Å². The molecule has 0 spiro atoms.